The van der Waals surface area contributed by atoms with Gasteiger partial charge in [-0.05, 0) is 19.1 Å². The third kappa shape index (κ3) is 2.11. The minimum Gasteiger partial charge on any atom is -0.508 e. The molecule has 0 heterocycles. The second kappa shape index (κ2) is 3.64. The van der Waals surface area contributed by atoms with Crippen molar-refractivity contribution >= 4 is 0 Å². The first kappa shape index (κ1) is 9.83. The first-order chi connectivity index (χ1) is 6.02. The molecule has 0 saturated heterocycles. The topological polar surface area (TPSA) is 86.7 Å². The molecule has 0 aliphatic heterocycles. The Labute approximate surface area is 76.2 Å². The molecule has 5 N–H and O–H groups in total. The van der Waals surface area contributed by atoms with Crippen molar-refractivity contribution in [2.45, 2.75) is 19.1 Å². The highest BCUT2D eigenvalue weighted by molar-refractivity contribution is 5.40. The van der Waals surface area contributed by atoms with E-state index < -0.39 is 12.1 Å². The van der Waals surface area contributed by atoms with Crippen molar-refractivity contribution in [2.24, 2.45) is 5.73 Å². The number of rotatable bonds is 2. The largest absolute Gasteiger partial charge is 0.508 e. The maximum Gasteiger partial charge on any atom is 0.124 e. The minimum absolute atomic E-state index is 0.0287. The van der Waals surface area contributed by atoms with Crippen LogP contribution in [0.4, 0.5) is 0 Å². The number of phenols is 2. The molecule has 0 aliphatic carbocycles. The van der Waals surface area contributed by atoms with Gasteiger partial charge in [-0.15, -0.1) is 0 Å². The van der Waals surface area contributed by atoms with Crippen LogP contribution in [0.1, 0.15) is 18.5 Å². The van der Waals surface area contributed by atoms with Crippen LogP contribution in [0.3, 0.4) is 0 Å². The smallest absolute Gasteiger partial charge is 0.124 e. The average molecular weight is 183 g/mol. The van der Waals surface area contributed by atoms with E-state index >= 15 is 0 Å². The summed E-state index contributed by atoms with van der Waals surface area (Å²) in [6.45, 7) is 1.54. The molecule has 4 heteroatoms. The molecule has 4 nitrogen and oxygen atoms in total. The molecule has 0 fully saturated rings. The number of hydrogen-bond acceptors (Lipinski definition) is 4. The Morgan fingerprint density at radius 1 is 1.31 bits per heavy atom. The molecule has 1 rings (SSSR count). The van der Waals surface area contributed by atoms with Crippen LogP contribution in [0.15, 0.2) is 18.2 Å². The van der Waals surface area contributed by atoms with Crippen LogP contribution >= 0.6 is 0 Å². The summed E-state index contributed by atoms with van der Waals surface area (Å²) in [7, 11) is 0. The van der Waals surface area contributed by atoms with Crippen molar-refractivity contribution in [1.82, 2.24) is 0 Å². The summed E-state index contributed by atoms with van der Waals surface area (Å²) in [6.07, 6.45) is -0.740. The molecule has 2 atom stereocenters. The number of aliphatic hydroxyl groups excluding tert-OH is 1. The van der Waals surface area contributed by atoms with Crippen LogP contribution in [0.25, 0.3) is 0 Å². The number of hydrogen-bond donors (Lipinski definition) is 4. The summed E-state index contributed by atoms with van der Waals surface area (Å²) < 4.78 is 0. The van der Waals surface area contributed by atoms with E-state index in [0.29, 0.717) is 5.56 Å². The molecule has 0 bridgehead atoms. The molecular formula is C9H13NO3. The highest BCUT2D eigenvalue weighted by Gasteiger charge is 2.15. The molecule has 13 heavy (non-hydrogen) atoms. The zero-order chi connectivity index (χ0) is 10.0. The van der Waals surface area contributed by atoms with E-state index in [1.54, 1.807) is 0 Å². The molecule has 72 valence electrons. The minimum atomic E-state index is -0.740. The molecule has 0 spiro atoms. The zero-order valence-corrected chi connectivity index (χ0v) is 7.31. The van der Waals surface area contributed by atoms with Gasteiger partial charge in [-0.25, -0.2) is 0 Å². The van der Waals surface area contributed by atoms with E-state index in [4.69, 9.17) is 15.9 Å². The van der Waals surface area contributed by atoms with Gasteiger partial charge in [0.2, 0.25) is 0 Å². The molecule has 0 aromatic heterocycles. The predicted molar refractivity (Wildman–Crippen MR) is 48.4 cm³/mol. The van der Waals surface area contributed by atoms with Gasteiger partial charge in [0.1, 0.15) is 11.5 Å². The van der Waals surface area contributed by atoms with Crippen LogP contribution in [0, 0.1) is 0 Å². The van der Waals surface area contributed by atoms with E-state index in [1.165, 1.54) is 25.1 Å². The first-order valence-electron chi connectivity index (χ1n) is 3.98. The monoisotopic (exact) mass is 183 g/mol. The van der Waals surface area contributed by atoms with Crippen molar-refractivity contribution < 1.29 is 15.3 Å². The fourth-order valence-electron chi connectivity index (χ4n) is 1.07. The zero-order valence-electron chi connectivity index (χ0n) is 7.31. The normalized spacial score (nSPS) is 15.3. The van der Waals surface area contributed by atoms with Gasteiger partial charge in [-0.1, -0.05) is 0 Å². The van der Waals surface area contributed by atoms with E-state index in [2.05, 4.69) is 0 Å². The molecule has 1 aromatic rings. The maximum absolute atomic E-state index is 9.36. The van der Waals surface area contributed by atoms with Gasteiger partial charge >= 0.3 is 0 Å². The quantitative estimate of drug-likeness (QED) is 0.537. The third-order valence-corrected chi connectivity index (χ3v) is 1.89. The summed E-state index contributed by atoms with van der Waals surface area (Å²) in [5.41, 5.74) is 6.02. The lowest BCUT2D eigenvalue weighted by atomic mass is 10.0. The lowest BCUT2D eigenvalue weighted by Gasteiger charge is -2.16. The summed E-state index contributed by atoms with van der Waals surface area (Å²) in [6, 6.07) is 3.46. The highest BCUT2D eigenvalue weighted by Crippen LogP contribution is 2.28. The number of nitrogens with two attached hydrogens (primary N) is 1. The van der Waals surface area contributed by atoms with Gasteiger partial charge in [-0.2, -0.15) is 0 Å². The van der Waals surface area contributed by atoms with Gasteiger partial charge in [0, 0.05) is 11.6 Å². The summed E-state index contributed by atoms with van der Waals surface area (Å²) in [5, 5.41) is 27.5. The Kier molecular flexibility index (Phi) is 2.75. The first-order valence-corrected chi connectivity index (χ1v) is 3.98. The Hall–Kier alpha value is -1.26. The molecule has 0 amide bonds. The standard InChI is InChI=1S/C9H13NO3/c1-5(11)9(10)7-3-2-6(12)4-8(7)13/h2-5,9,11-13H,10H2,1H3/t5?,9-/m0/s1. The fraction of sp³-hybridized carbons (Fsp3) is 0.333. The number of benzene rings is 1. The van der Waals surface area contributed by atoms with Gasteiger partial charge in [-0.3, -0.25) is 0 Å². The van der Waals surface area contributed by atoms with Gasteiger partial charge < -0.3 is 21.1 Å². The van der Waals surface area contributed by atoms with Crippen molar-refractivity contribution in [3.05, 3.63) is 23.8 Å². The molecular weight excluding hydrogens is 170 g/mol. The van der Waals surface area contributed by atoms with E-state index in [9.17, 15) is 5.11 Å². The van der Waals surface area contributed by atoms with Crippen LogP contribution < -0.4 is 5.73 Å². The Balaban J connectivity index is 3.01. The molecule has 0 aliphatic rings. The summed E-state index contributed by atoms with van der Waals surface area (Å²) in [5.74, 6) is -0.132. The lowest BCUT2D eigenvalue weighted by molar-refractivity contribution is 0.162. The molecule has 1 unspecified atom stereocenters. The maximum atomic E-state index is 9.36. The van der Waals surface area contributed by atoms with Crippen LogP contribution in [-0.4, -0.2) is 21.4 Å². The Bertz CT molecular complexity index is 299. The van der Waals surface area contributed by atoms with Gasteiger partial charge in [0.25, 0.3) is 0 Å². The number of phenolic OH excluding ortho intramolecular Hbond substituents is 2. The van der Waals surface area contributed by atoms with Crippen LogP contribution in [0.2, 0.25) is 0 Å². The fourth-order valence-corrected chi connectivity index (χ4v) is 1.07. The number of aliphatic hydroxyl groups is 1. The Morgan fingerprint density at radius 3 is 2.38 bits per heavy atom. The van der Waals surface area contributed by atoms with Crippen LogP contribution in [0.5, 0.6) is 11.5 Å². The Morgan fingerprint density at radius 2 is 1.92 bits per heavy atom. The van der Waals surface area contributed by atoms with Crippen LogP contribution in [-0.2, 0) is 0 Å². The van der Waals surface area contributed by atoms with Crippen molar-refractivity contribution in [3.8, 4) is 11.5 Å². The van der Waals surface area contributed by atoms with E-state index in [0.717, 1.165) is 0 Å². The second-order valence-corrected chi connectivity index (χ2v) is 3.01. The summed E-state index contributed by atoms with van der Waals surface area (Å²) in [4.78, 5) is 0. The van der Waals surface area contributed by atoms with E-state index in [1.807, 2.05) is 0 Å². The van der Waals surface area contributed by atoms with Crippen molar-refractivity contribution in [1.29, 1.82) is 0 Å². The molecule has 0 saturated carbocycles. The SMILES string of the molecule is CC(O)[C@H](N)c1ccc(O)cc1O. The van der Waals surface area contributed by atoms with Crippen molar-refractivity contribution in [3.63, 3.8) is 0 Å². The predicted octanol–water partition coefficient (Wildman–Crippen LogP) is 0.478. The van der Waals surface area contributed by atoms with E-state index in [-0.39, 0.29) is 11.5 Å². The number of aromatic hydroxyl groups is 2. The highest BCUT2D eigenvalue weighted by atomic mass is 16.3. The van der Waals surface area contributed by atoms with Gasteiger partial charge in [0.05, 0.1) is 12.1 Å². The van der Waals surface area contributed by atoms with Crippen molar-refractivity contribution in [2.75, 3.05) is 0 Å². The molecule has 0 radical (unpaired) electrons. The third-order valence-electron chi connectivity index (χ3n) is 1.89. The lowest BCUT2D eigenvalue weighted by Crippen LogP contribution is -2.23. The second-order valence-electron chi connectivity index (χ2n) is 3.01. The average Bonchev–Trinajstić information content (AvgIpc) is 2.03. The van der Waals surface area contributed by atoms with Gasteiger partial charge in [0.15, 0.2) is 0 Å². The molecule has 1 aromatic carbocycles. The summed E-state index contributed by atoms with van der Waals surface area (Å²) >= 11 is 0.